The number of nitrogens with zero attached hydrogens (tertiary/aromatic N) is 2. The first kappa shape index (κ1) is 13.8. The predicted molar refractivity (Wildman–Crippen MR) is 89.4 cm³/mol. The minimum atomic E-state index is 0.00491. The van der Waals surface area contributed by atoms with E-state index in [9.17, 15) is 0 Å². The standard InChI is InChI=1S/C19H17N3O/c1-2-13-7-14-10-23-11-16(14)15(8-13)19(18-9-20-12-22-18)17-5-3-4-6-21-17/h3-12,19H,2H2,1H3,(H,20,22). The second-order valence-corrected chi connectivity index (χ2v) is 5.61. The molecule has 0 radical (unpaired) electrons. The maximum absolute atomic E-state index is 5.46. The van der Waals surface area contributed by atoms with E-state index in [1.54, 1.807) is 12.6 Å². The number of benzene rings is 1. The number of furan rings is 1. The molecule has 3 heterocycles. The highest BCUT2D eigenvalue weighted by Crippen LogP contribution is 2.35. The molecular formula is C19H17N3O. The first-order chi connectivity index (χ1) is 11.4. The summed E-state index contributed by atoms with van der Waals surface area (Å²) in [6, 6.07) is 10.4. The topological polar surface area (TPSA) is 54.7 Å². The van der Waals surface area contributed by atoms with Gasteiger partial charge in [-0.3, -0.25) is 4.98 Å². The minimum Gasteiger partial charge on any atom is -0.471 e. The van der Waals surface area contributed by atoms with Gasteiger partial charge >= 0.3 is 0 Å². The molecule has 0 bridgehead atoms. The highest BCUT2D eigenvalue weighted by atomic mass is 16.3. The van der Waals surface area contributed by atoms with Gasteiger partial charge in [0.1, 0.15) is 0 Å². The first-order valence-electron chi connectivity index (χ1n) is 7.74. The molecule has 0 aliphatic heterocycles. The third kappa shape index (κ3) is 2.42. The summed E-state index contributed by atoms with van der Waals surface area (Å²) in [5, 5.41) is 2.24. The van der Waals surface area contributed by atoms with Crippen LogP contribution in [0, 0.1) is 0 Å². The SMILES string of the molecule is CCc1cc(C(c2ccccn2)c2cnc[nH]2)c2cocc2c1. The molecule has 0 fully saturated rings. The lowest BCUT2D eigenvalue weighted by Crippen LogP contribution is -2.07. The van der Waals surface area contributed by atoms with Crippen LogP contribution in [0.25, 0.3) is 10.8 Å². The lowest BCUT2D eigenvalue weighted by atomic mass is 9.88. The number of aromatic nitrogens is 3. The Balaban J connectivity index is 1.99. The van der Waals surface area contributed by atoms with Crippen LogP contribution in [-0.4, -0.2) is 15.0 Å². The molecule has 0 aliphatic carbocycles. The Labute approximate surface area is 134 Å². The number of aryl methyl sites for hydroxylation is 1. The van der Waals surface area contributed by atoms with Gasteiger partial charge in [-0.05, 0) is 35.7 Å². The fraction of sp³-hybridized carbons (Fsp3) is 0.158. The van der Waals surface area contributed by atoms with Crippen molar-refractivity contribution in [3.63, 3.8) is 0 Å². The number of rotatable bonds is 4. The lowest BCUT2D eigenvalue weighted by molar-refractivity contribution is 0.572. The van der Waals surface area contributed by atoms with E-state index in [-0.39, 0.29) is 5.92 Å². The molecule has 114 valence electrons. The van der Waals surface area contributed by atoms with Crippen molar-refractivity contribution >= 4 is 10.8 Å². The van der Waals surface area contributed by atoms with Crippen LogP contribution in [0.15, 0.2) is 66.0 Å². The number of hydrogen-bond donors (Lipinski definition) is 1. The van der Waals surface area contributed by atoms with Gasteiger partial charge in [0, 0.05) is 28.9 Å². The Bertz CT molecular complexity index is 910. The monoisotopic (exact) mass is 303 g/mol. The van der Waals surface area contributed by atoms with Crippen LogP contribution in [0.1, 0.15) is 35.4 Å². The molecule has 0 saturated heterocycles. The van der Waals surface area contributed by atoms with E-state index in [1.165, 1.54) is 11.1 Å². The summed E-state index contributed by atoms with van der Waals surface area (Å²) in [6.07, 6.45) is 10.0. The zero-order valence-electron chi connectivity index (χ0n) is 12.9. The van der Waals surface area contributed by atoms with Gasteiger partial charge in [-0.2, -0.15) is 0 Å². The maximum atomic E-state index is 5.46. The molecule has 1 N–H and O–H groups in total. The summed E-state index contributed by atoms with van der Waals surface area (Å²) >= 11 is 0. The van der Waals surface area contributed by atoms with Crippen molar-refractivity contribution in [2.75, 3.05) is 0 Å². The average molecular weight is 303 g/mol. The van der Waals surface area contributed by atoms with E-state index >= 15 is 0 Å². The largest absolute Gasteiger partial charge is 0.471 e. The van der Waals surface area contributed by atoms with Gasteiger partial charge in [0.15, 0.2) is 0 Å². The molecule has 0 spiro atoms. The van der Waals surface area contributed by atoms with Gasteiger partial charge < -0.3 is 9.40 Å². The molecule has 1 unspecified atom stereocenters. The van der Waals surface area contributed by atoms with Crippen LogP contribution in [0.5, 0.6) is 0 Å². The van der Waals surface area contributed by atoms with Crippen LogP contribution < -0.4 is 0 Å². The van der Waals surface area contributed by atoms with E-state index in [1.807, 2.05) is 30.8 Å². The molecule has 0 amide bonds. The molecule has 4 heteroatoms. The van der Waals surface area contributed by atoms with Crippen LogP contribution in [-0.2, 0) is 6.42 Å². The summed E-state index contributed by atoms with van der Waals surface area (Å²) in [4.78, 5) is 12.0. The Morgan fingerprint density at radius 1 is 1.22 bits per heavy atom. The molecule has 1 atom stereocenters. The number of H-pyrrole nitrogens is 1. The quantitative estimate of drug-likeness (QED) is 0.611. The molecule has 23 heavy (non-hydrogen) atoms. The van der Waals surface area contributed by atoms with Crippen molar-refractivity contribution in [2.24, 2.45) is 0 Å². The zero-order valence-corrected chi connectivity index (χ0v) is 12.9. The van der Waals surface area contributed by atoms with Crippen molar-refractivity contribution in [2.45, 2.75) is 19.3 Å². The average Bonchev–Trinajstić information content (AvgIpc) is 3.27. The molecule has 3 aromatic heterocycles. The lowest BCUT2D eigenvalue weighted by Gasteiger charge is -2.17. The molecule has 4 aromatic rings. The Morgan fingerprint density at radius 2 is 2.17 bits per heavy atom. The number of aromatic amines is 1. The van der Waals surface area contributed by atoms with Gasteiger partial charge in [-0.1, -0.05) is 19.1 Å². The third-order valence-corrected chi connectivity index (χ3v) is 4.22. The number of hydrogen-bond acceptors (Lipinski definition) is 3. The number of pyridine rings is 1. The fourth-order valence-corrected chi connectivity index (χ4v) is 3.07. The second-order valence-electron chi connectivity index (χ2n) is 5.61. The van der Waals surface area contributed by atoms with Crippen LogP contribution in [0.2, 0.25) is 0 Å². The Hall–Kier alpha value is -2.88. The summed E-state index contributed by atoms with van der Waals surface area (Å²) in [5.41, 5.74) is 4.50. The summed E-state index contributed by atoms with van der Waals surface area (Å²) < 4.78 is 5.46. The van der Waals surface area contributed by atoms with E-state index in [0.29, 0.717) is 0 Å². The van der Waals surface area contributed by atoms with Crippen LogP contribution in [0.3, 0.4) is 0 Å². The highest BCUT2D eigenvalue weighted by molar-refractivity contribution is 5.86. The van der Waals surface area contributed by atoms with Gasteiger partial charge in [-0.25, -0.2) is 4.98 Å². The number of imidazole rings is 1. The van der Waals surface area contributed by atoms with E-state index in [4.69, 9.17) is 4.42 Å². The smallest absolute Gasteiger partial charge is 0.0984 e. The maximum Gasteiger partial charge on any atom is 0.0984 e. The minimum absolute atomic E-state index is 0.00491. The van der Waals surface area contributed by atoms with E-state index < -0.39 is 0 Å². The van der Waals surface area contributed by atoms with Crippen molar-refractivity contribution in [3.8, 4) is 0 Å². The van der Waals surface area contributed by atoms with Crippen LogP contribution >= 0.6 is 0 Å². The van der Waals surface area contributed by atoms with Crippen molar-refractivity contribution < 1.29 is 4.42 Å². The number of nitrogens with one attached hydrogen (secondary N) is 1. The van der Waals surface area contributed by atoms with E-state index in [0.717, 1.165) is 28.6 Å². The Morgan fingerprint density at radius 3 is 2.91 bits per heavy atom. The fourth-order valence-electron chi connectivity index (χ4n) is 3.07. The first-order valence-corrected chi connectivity index (χ1v) is 7.74. The summed E-state index contributed by atoms with van der Waals surface area (Å²) in [7, 11) is 0. The van der Waals surface area contributed by atoms with E-state index in [2.05, 4.69) is 40.1 Å². The van der Waals surface area contributed by atoms with Crippen LogP contribution in [0.4, 0.5) is 0 Å². The van der Waals surface area contributed by atoms with Gasteiger partial charge in [0.05, 0.1) is 30.5 Å². The molecular weight excluding hydrogens is 286 g/mol. The van der Waals surface area contributed by atoms with Crippen molar-refractivity contribution in [3.05, 3.63) is 84.1 Å². The molecule has 4 rings (SSSR count). The Kier molecular flexibility index (Phi) is 3.42. The van der Waals surface area contributed by atoms with Gasteiger partial charge in [0.25, 0.3) is 0 Å². The predicted octanol–water partition coefficient (Wildman–Crippen LogP) is 4.29. The highest BCUT2D eigenvalue weighted by Gasteiger charge is 2.22. The van der Waals surface area contributed by atoms with Gasteiger partial charge in [-0.15, -0.1) is 0 Å². The van der Waals surface area contributed by atoms with Crippen molar-refractivity contribution in [1.82, 2.24) is 15.0 Å². The summed E-state index contributed by atoms with van der Waals surface area (Å²) in [6.45, 7) is 2.16. The summed E-state index contributed by atoms with van der Waals surface area (Å²) in [5.74, 6) is 0.00491. The normalized spacial score (nSPS) is 12.6. The third-order valence-electron chi connectivity index (χ3n) is 4.22. The molecule has 0 aliphatic rings. The second kappa shape index (κ2) is 5.72. The number of fused-ring (bicyclic) bond motifs is 1. The zero-order chi connectivity index (χ0) is 15.6. The van der Waals surface area contributed by atoms with Crippen molar-refractivity contribution in [1.29, 1.82) is 0 Å². The van der Waals surface area contributed by atoms with Gasteiger partial charge in [0.2, 0.25) is 0 Å². The molecule has 0 saturated carbocycles. The molecule has 1 aromatic carbocycles. The molecule has 4 nitrogen and oxygen atoms in total.